The van der Waals surface area contributed by atoms with E-state index >= 15 is 0 Å². The fourth-order valence-electron chi connectivity index (χ4n) is 3.84. The maximum absolute atomic E-state index is 11.0. The number of nitrogens with zero attached hydrogens (tertiary/aromatic N) is 4. The number of aromatic hydroxyl groups is 1. The highest BCUT2D eigenvalue weighted by Gasteiger charge is 2.22. The Morgan fingerprint density at radius 2 is 1.86 bits per heavy atom. The van der Waals surface area contributed by atoms with E-state index in [1.165, 1.54) is 0 Å². The van der Waals surface area contributed by atoms with Gasteiger partial charge in [-0.15, -0.1) is 0 Å². The summed E-state index contributed by atoms with van der Waals surface area (Å²) in [6.07, 6.45) is 1.02. The molecule has 1 aliphatic rings. The van der Waals surface area contributed by atoms with Gasteiger partial charge in [0.25, 0.3) is 0 Å². The minimum atomic E-state index is 0.0528. The fraction of sp³-hybridized carbons (Fsp3) is 0.348. The van der Waals surface area contributed by atoms with Crippen molar-refractivity contribution in [1.82, 2.24) is 14.9 Å². The van der Waals surface area contributed by atoms with Crippen LogP contribution in [0.3, 0.4) is 0 Å². The molecule has 0 aliphatic carbocycles. The first-order valence-electron chi connectivity index (χ1n) is 10.0. The van der Waals surface area contributed by atoms with Crippen LogP contribution in [0.1, 0.15) is 12.5 Å². The molecule has 0 saturated carbocycles. The van der Waals surface area contributed by atoms with Crippen LogP contribution in [0, 0.1) is 12.8 Å². The standard InChI is InChI=1S/C23H26N4O2/c1-16-7-8-18-20(13-16)24-22(19-5-3-4-6-21(19)29)25-23(18)27-11-9-26(10-12-27)14-17(2)15-28/h3-8,13,15,17,29H,9-12,14H2,1-2H3. The van der Waals surface area contributed by atoms with Crippen molar-refractivity contribution in [2.45, 2.75) is 13.8 Å². The summed E-state index contributed by atoms with van der Waals surface area (Å²) in [6, 6.07) is 13.4. The Balaban J connectivity index is 1.70. The van der Waals surface area contributed by atoms with Gasteiger partial charge in [0.15, 0.2) is 5.82 Å². The number of aromatic nitrogens is 2. The molecule has 2 aromatic carbocycles. The zero-order valence-electron chi connectivity index (χ0n) is 16.9. The minimum Gasteiger partial charge on any atom is -0.507 e. The van der Waals surface area contributed by atoms with Gasteiger partial charge in [-0.05, 0) is 36.8 Å². The molecular formula is C23H26N4O2. The van der Waals surface area contributed by atoms with Crippen molar-refractivity contribution in [2.75, 3.05) is 37.6 Å². The average Bonchev–Trinajstić information content (AvgIpc) is 2.73. The molecule has 1 atom stereocenters. The van der Waals surface area contributed by atoms with Crippen molar-refractivity contribution >= 4 is 23.0 Å². The number of benzene rings is 2. The van der Waals surface area contributed by atoms with Crippen molar-refractivity contribution in [3.63, 3.8) is 0 Å². The Morgan fingerprint density at radius 1 is 1.10 bits per heavy atom. The summed E-state index contributed by atoms with van der Waals surface area (Å²) in [6.45, 7) is 8.26. The highest BCUT2D eigenvalue weighted by atomic mass is 16.3. The van der Waals surface area contributed by atoms with Gasteiger partial charge < -0.3 is 14.8 Å². The molecule has 6 nitrogen and oxygen atoms in total. The van der Waals surface area contributed by atoms with Crippen LogP contribution in [0.15, 0.2) is 42.5 Å². The molecule has 1 aliphatic heterocycles. The average molecular weight is 390 g/mol. The number of hydrogen-bond acceptors (Lipinski definition) is 6. The van der Waals surface area contributed by atoms with Crippen molar-refractivity contribution in [1.29, 1.82) is 0 Å². The van der Waals surface area contributed by atoms with Crippen molar-refractivity contribution < 1.29 is 9.90 Å². The lowest BCUT2D eigenvalue weighted by Gasteiger charge is -2.36. The minimum absolute atomic E-state index is 0.0528. The summed E-state index contributed by atoms with van der Waals surface area (Å²) >= 11 is 0. The summed E-state index contributed by atoms with van der Waals surface area (Å²) in [4.78, 5) is 25.2. The van der Waals surface area contributed by atoms with Gasteiger partial charge in [0.2, 0.25) is 0 Å². The second kappa shape index (κ2) is 8.17. The van der Waals surface area contributed by atoms with Crippen molar-refractivity contribution in [3.05, 3.63) is 48.0 Å². The van der Waals surface area contributed by atoms with E-state index in [0.29, 0.717) is 11.4 Å². The van der Waals surface area contributed by atoms with E-state index in [2.05, 4.69) is 28.0 Å². The molecule has 0 bridgehead atoms. The molecule has 4 rings (SSSR count). The lowest BCUT2D eigenvalue weighted by Crippen LogP contribution is -2.48. The van der Waals surface area contributed by atoms with Gasteiger partial charge in [0.1, 0.15) is 17.9 Å². The Labute approximate surface area is 170 Å². The van der Waals surface area contributed by atoms with E-state index < -0.39 is 0 Å². The van der Waals surface area contributed by atoms with E-state index in [1.54, 1.807) is 12.1 Å². The second-order valence-corrected chi connectivity index (χ2v) is 7.81. The third-order valence-corrected chi connectivity index (χ3v) is 5.43. The Bertz CT molecular complexity index is 1030. The highest BCUT2D eigenvalue weighted by molar-refractivity contribution is 5.92. The van der Waals surface area contributed by atoms with E-state index in [-0.39, 0.29) is 11.7 Å². The zero-order chi connectivity index (χ0) is 20.4. The number of aldehydes is 1. The number of hydrogen-bond donors (Lipinski definition) is 1. The lowest BCUT2D eigenvalue weighted by atomic mass is 10.1. The SMILES string of the molecule is Cc1ccc2c(N3CCN(CC(C)C=O)CC3)nc(-c3ccccc3O)nc2c1. The number of phenols is 1. The fourth-order valence-corrected chi connectivity index (χ4v) is 3.84. The quantitative estimate of drug-likeness (QED) is 0.675. The molecule has 6 heteroatoms. The summed E-state index contributed by atoms with van der Waals surface area (Å²) < 4.78 is 0. The number of fused-ring (bicyclic) bond motifs is 1. The van der Waals surface area contributed by atoms with Crippen LogP contribution < -0.4 is 4.90 Å². The molecule has 1 N–H and O–H groups in total. The van der Waals surface area contributed by atoms with Crippen LogP contribution >= 0.6 is 0 Å². The van der Waals surface area contributed by atoms with Crippen LogP contribution in [-0.4, -0.2) is 59.0 Å². The number of aryl methyl sites for hydroxylation is 1. The van der Waals surface area contributed by atoms with Gasteiger partial charge in [-0.2, -0.15) is 0 Å². The number of piperazine rings is 1. The van der Waals surface area contributed by atoms with E-state index in [9.17, 15) is 9.90 Å². The van der Waals surface area contributed by atoms with Gasteiger partial charge in [0.05, 0.1) is 11.1 Å². The molecule has 0 spiro atoms. The Morgan fingerprint density at radius 3 is 2.59 bits per heavy atom. The number of phenolic OH excluding ortho intramolecular Hbond substituents is 1. The molecule has 29 heavy (non-hydrogen) atoms. The van der Waals surface area contributed by atoms with Crippen LogP contribution in [0.4, 0.5) is 5.82 Å². The zero-order valence-corrected chi connectivity index (χ0v) is 16.9. The first-order chi connectivity index (χ1) is 14.0. The van der Waals surface area contributed by atoms with Gasteiger partial charge in [0, 0.05) is 44.0 Å². The summed E-state index contributed by atoms with van der Waals surface area (Å²) in [5, 5.41) is 11.3. The third kappa shape index (κ3) is 4.07. The predicted octanol–water partition coefficient (Wildman–Crippen LogP) is 3.27. The first kappa shape index (κ1) is 19.3. The monoisotopic (exact) mass is 390 g/mol. The molecular weight excluding hydrogens is 364 g/mol. The van der Waals surface area contributed by atoms with Crippen LogP contribution in [-0.2, 0) is 4.79 Å². The lowest BCUT2D eigenvalue weighted by molar-refractivity contribution is -0.111. The normalized spacial score (nSPS) is 16.1. The maximum Gasteiger partial charge on any atom is 0.165 e. The van der Waals surface area contributed by atoms with Crippen LogP contribution in [0.2, 0.25) is 0 Å². The molecule has 150 valence electrons. The molecule has 3 aromatic rings. The van der Waals surface area contributed by atoms with Gasteiger partial charge in [-0.3, -0.25) is 4.90 Å². The van der Waals surface area contributed by atoms with E-state index in [0.717, 1.165) is 61.3 Å². The molecule has 0 radical (unpaired) electrons. The highest BCUT2D eigenvalue weighted by Crippen LogP contribution is 2.32. The van der Waals surface area contributed by atoms with Crippen LogP contribution in [0.25, 0.3) is 22.3 Å². The van der Waals surface area contributed by atoms with Gasteiger partial charge in [-0.25, -0.2) is 9.97 Å². The number of carbonyl (C=O) groups is 1. The number of rotatable bonds is 5. The summed E-state index contributed by atoms with van der Waals surface area (Å²) in [5.74, 6) is 1.67. The third-order valence-electron chi connectivity index (χ3n) is 5.43. The van der Waals surface area contributed by atoms with E-state index in [4.69, 9.17) is 9.97 Å². The maximum atomic E-state index is 11.0. The molecule has 0 amide bonds. The van der Waals surface area contributed by atoms with Gasteiger partial charge >= 0.3 is 0 Å². The summed E-state index contributed by atoms with van der Waals surface area (Å²) in [5.41, 5.74) is 2.65. The molecule has 1 aromatic heterocycles. The largest absolute Gasteiger partial charge is 0.507 e. The second-order valence-electron chi connectivity index (χ2n) is 7.81. The Kier molecular flexibility index (Phi) is 5.45. The predicted molar refractivity (Wildman–Crippen MR) is 115 cm³/mol. The molecule has 2 heterocycles. The van der Waals surface area contributed by atoms with Crippen LogP contribution in [0.5, 0.6) is 5.75 Å². The summed E-state index contributed by atoms with van der Waals surface area (Å²) in [7, 11) is 0. The topological polar surface area (TPSA) is 69.6 Å². The van der Waals surface area contributed by atoms with Crippen molar-refractivity contribution in [3.8, 4) is 17.1 Å². The Hall–Kier alpha value is -2.99. The molecule has 1 fully saturated rings. The smallest absolute Gasteiger partial charge is 0.165 e. The van der Waals surface area contributed by atoms with Gasteiger partial charge in [-0.1, -0.05) is 25.1 Å². The first-order valence-corrected chi connectivity index (χ1v) is 10.0. The number of anilines is 1. The molecule has 1 saturated heterocycles. The number of carbonyl (C=O) groups excluding carboxylic acids is 1. The van der Waals surface area contributed by atoms with Crippen molar-refractivity contribution in [2.24, 2.45) is 5.92 Å². The van der Waals surface area contributed by atoms with E-state index in [1.807, 2.05) is 26.0 Å². The molecule has 1 unspecified atom stereocenters. The number of para-hydroxylation sites is 1.